The summed E-state index contributed by atoms with van der Waals surface area (Å²) in [6.07, 6.45) is 0.449. The molecular weight excluding hydrogens is 332 g/mol. The van der Waals surface area contributed by atoms with Crippen LogP contribution in [0.5, 0.6) is 0 Å². The lowest BCUT2D eigenvalue weighted by atomic mass is 10.2. The van der Waals surface area contributed by atoms with Gasteiger partial charge in [0.05, 0.1) is 17.2 Å². The minimum atomic E-state index is -3.02. The lowest BCUT2D eigenvalue weighted by molar-refractivity contribution is 0.0946. The van der Waals surface area contributed by atoms with E-state index in [-0.39, 0.29) is 23.5 Å². The van der Waals surface area contributed by atoms with Gasteiger partial charge in [0.25, 0.3) is 5.91 Å². The fraction of sp³-hybridized carbons (Fsp3) is 0.308. The lowest BCUT2D eigenvalue weighted by Gasteiger charge is -2.09. The van der Waals surface area contributed by atoms with Crippen LogP contribution in [0.4, 0.5) is 5.69 Å². The number of halogens is 1. The van der Waals surface area contributed by atoms with Gasteiger partial charge in [0.2, 0.25) is 0 Å². The molecule has 1 atom stereocenters. The predicted octanol–water partition coefficient (Wildman–Crippen LogP) is 2.05. The Morgan fingerprint density at radius 1 is 1.43 bits per heavy atom. The van der Waals surface area contributed by atoms with Crippen LogP contribution in [0.15, 0.2) is 18.2 Å². The average molecular weight is 345 g/mol. The quantitative estimate of drug-likeness (QED) is 0.872. The van der Waals surface area contributed by atoms with Gasteiger partial charge in [-0.1, -0.05) is 11.6 Å². The number of nitrogens with one attached hydrogen (secondary N) is 1. The van der Waals surface area contributed by atoms with Crippen LogP contribution in [0.1, 0.15) is 16.1 Å². The summed E-state index contributed by atoms with van der Waals surface area (Å²) in [5.74, 6) is -0.211. The fourth-order valence-electron chi connectivity index (χ4n) is 2.42. The number of carbonyl (C=O) groups is 1. The van der Waals surface area contributed by atoms with Gasteiger partial charge in [-0.25, -0.2) is 8.42 Å². The molecule has 2 heterocycles. The van der Waals surface area contributed by atoms with Crippen molar-refractivity contribution >= 4 is 54.5 Å². The summed E-state index contributed by atoms with van der Waals surface area (Å²) in [4.78, 5) is 12.7. The summed E-state index contributed by atoms with van der Waals surface area (Å²) in [6.45, 7) is 0. The molecule has 3 rings (SSSR count). The molecule has 1 saturated heterocycles. The van der Waals surface area contributed by atoms with Gasteiger partial charge < -0.3 is 11.1 Å². The fourth-order valence-corrected chi connectivity index (χ4v) is 5.27. The molecule has 112 valence electrons. The van der Waals surface area contributed by atoms with Crippen molar-refractivity contribution in [3.63, 3.8) is 0 Å². The Hall–Kier alpha value is -1.31. The molecule has 3 N–H and O–H groups in total. The third-order valence-corrected chi connectivity index (χ3v) is 6.65. The number of benzene rings is 1. The van der Waals surface area contributed by atoms with Crippen LogP contribution in [0.25, 0.3) is 10.1 Å². The molecule has 1 aromatic heterocycles. The number of nitrogen functional groups attached to an aromatic ring is 1. The molecule has 1 aliphatic heterocycles. The van der Waals surface area contributed by atoms with Crippen LogP contribution < -0.4 is 11.1 Å². The van der Waals surface area contributed by atoms with Crippen LogP contribution >= 0.6 is 22.9 Å². The highest BCUT2D eigenvalue weighted by Crippen LogP contribution is 2.35. The first-order chi connectivity index (χ1) is 9.85. The van der Waals surface area contributed by atoms with E-state index in [9.17, 15) is 13.2 Å². The molecular formula is C13H13ClN2O3S2. The van der Waals surface area contributed by atoms with Gasteiger partial charge >= 0.3 is 0 Å². The molecule has 1 unspecified atom stereocenters. The summed E-state index contributed by atoms with van der Waals surface area (Å²) < 4.78 is 23.7. The predicted molar refractivity (Wildman–Crippen MR) is 85.8 cm³/mol. The third kappa shape index (κ3) is 2.86. The van der Waals surface area contributed by atoms with Crippen molar-refractivity contribution in [2.24, 2.45) is 0 Å². The van der Waals surface area contributed by atoms with Crippen molar-refractivity contribution in [2.45, 2.75) is 12.5 Å². The van der Waals surface area contributed by atoms with E-state index >= 15 is 0 Å². The summed E-state index contributed by atoms with van der Waals surface area (Å²) in [7, 11) is -3.02. The molecule has 5 nitrogen and oxygen atoms in total. The van der Waals surface area contributed by atoms with Crippen LogP contribution in [-0.4, -0.2) is 31.9 Å². The molecule has 1 amide bonds. The Kier molecular flexibility index (Phi) is 3.59. The maximum atomic E-state index is 12.3. The zero-order valence-corrected chi connectivity index (χ0v) is 13.3. The number of hydrogen-bond acceptors (Lipinski definition) is 5. The molecule has 2 aromatic rings. The minimum Gasteiger partial charge on any atom is -0.397 e. The van der Waals surface area contributed by atoms with Crippen molar-refractivity contribution in [1.29, 1.82) is 0 Å². The smallest absolute Gasteiger partial charge is 0.263 e. The molecule has 21 heavy (non-hydrogen) atoms. The van der Waals surface area contributed by atoms with E-state index in [1.807, 2.05) is 6.07 Å². The first kappa shape index (κ1) is 14.6. The van der Waals surface area contributed by atoms with Gasteiger partial charge in [0, 0.05) is 21.2 Å². The Bertz CT molecular complexity index is 829. The Morgan fingerprint density at radius 2 is 2.19 bits per heavy atom. The van der Waals surface area contributed by atoms with Gasteiger partial charge in [0.1, 0.15) is 4.88 Å². The summed E-state index contributed by atoms with van der Waals surface area (Å²) in [5, 5.41) is 4.05. The van der Waals surface area contributed by atoms with Crippen LogP contribution in [0.2, 0.25) is 5.02 Å². The SMILES string of the molecule is Nc1c(C(=O)NC2CCS(=O)(=O)C2)sc2ccc(Cl)cc12. The maximum Gasteiger partial charge on any atom is 0.263 e. The zero-order valence-electron chi connectivity index (χ0n) is 10.9. The van der Waals surface area contributed by atoms with Crippen LogP contribution in [-0.2, 0) is 9.84 Å². The highest BCUT2D eigenvalue weighted by atomic mass is 35.5. The topological polar surface area (TPSA) is 89.3 Å². The summed E-state index contributed by atoms with van der Waals surface area (Å²) in [5.41, 5.74) is 6.39. The van der Waals surface area contributed by atoms with Crippen LogP contribution in [0.3, 0.4) is 0 Å². The van der Waals surface area contributed by atoms with E-state index < -0.39 is 9.84 Å². The highest BCUT2D eigenvalue weighted by Gasteiger charge is 2.30. The number of carbonyl (C=O) groups excluding carboxylic acids is 1. The first-order valence-electron chi connectivity index (χ1n) is 6.34. The van der Waals surface area contributed by atoms with Gasteiger partial charge in [-0.05, 0) is 24.6 Å². The molecule has 0 spiro atoms. The first-order valence-corrected chi connectivity index (χ1v) is 9.36. The van der Waals surface area contributed by atoms with E-state index in [1.54, 1.807) is 12.1 Å². The molecule has 0 saturated carbocycles. The third-order valence-electron chi connectivity index (χ3n) is 3.46. The molecule has 1 aromatic carbocycles. The van der Waals surface area contributed by atoms with Crippen molar-refractivity contribution in [3.05, 3.63) is 28.1 Å². The number of rotatable bonds is 2. The molecule has 1 aliphatic rings. The van der Waals surface area contributed by atoms with E-state index in [4.69, 9.17) is 17.3 Å². The second kappa shape index (κ2) is 5.15. The second-order valence-corrected chi connectivity index (χ2v) is 8.78. The van der Waals surface area contributed by atoms with Crippen molar-refractivity contribution in [2.75, 3.05) is 17.2 Å². The molecule has 1 fully saturated rings. The highest BCUT2D eigenvalue weighted by molar-refractivity contribution is 7.91. The van der Waals surface area contributed by atoms with Crippen molar-refractivity contribution in [1.82, 2.24) is 5.32 Å². The van der Waals surface area contributed by atoms with E-state index in [1.165, 1.54) is 11.3 Å². The van der Waals surface area contributed by atoms with Gasteiger partial charge in [-0.2, -0.15) is 0 Å². The van der Waals surface area contributed by atoms with Gasteiger partial charge in [-0.15, -0.1) is 11.3 Å². The monoisotopic (exact) mass is 344 g/mol. The van der Waals surface area contributed by atoms with E-state index in [0.717, 1.165) is 10.1 Å². The summed E-state index contributed by atoms with van der Waals surface area (Å²) in [6, 6.07) is 4.94. The standard InChI is InChI=1S/C13H13ClN2O3S2/c14-7-1-2-10-9(5-7)11(15)12(20-10)13(17)16-8-3-4-21(18,19)6-8/h1-2,5,8H,3-4,6,15H2,(H,16,17). The number of fused-ring (bicyclic) bond motifs is 1. The zero-order chi connectivity index (χ0) is 15.2. The van der Waals surface area contributed by atoms with E-state index in [2.05, 4.69) is 5.32 Å². The number of nitrogens with two attached hydrogens (primary N) is 1. The molecule has 8 heteroatoms. The molecule has 0 radical (unpaired) electrons. The minimum absolute atomic E-state index is 0.00460. The second-order valence-electron chi connectivity index (χ2n) is 5.06. The Balaban J connectivity index is 1.87. The number of anilines is 1. The number of hydrogen-bond donors (Lipinski definition) is 2. The van der Waals surface area contributed by atoms with Crippen molar-refractivity contribution < 1.29 is 13.2 Å². The van der Waals surface area contributed by atoms with Crippen LogP contribution in [0, 0.1) is 0 Å². The van der Waals surface area contributed by atoms with Gasteiger partial charge in [0.15, 0.2) is 9.84 Å². The van der Waals surface area contributed by atoms with E-state index in [0.29, 0.717) is 22.0 Å². The number of thiophene rings is 1. The molecule has 0 aliphatic carbocycles. The number of sulfone groups is 1. The largest absolute Gasteiger partial charge is 0.397 e. The normalized spacial score (nSPS) is 20.7. The molecule has 0 bridgehead atoms. The lowest BCUT2D eigenvalue weighted by Crippen LogP contribution is -2.35. The maximum absolute atomic E-state index is 12.3. The van der Waals surface area contributed by atoms with Crippen molar-refractivity contribution in [3.8, 4) is 0 Å². The Labute approximate surface area is 131 Å². The van der Waals surface area contributed by atoms with Gasteiger partial charge in [-0.3, -0.25) is 4.79 Å². The number of amides is 1. The average Bonchev–Trinajstić information content (AvgIpc) is 2.90. The summed E-state index contributed by atoms with van der Waals surface area (Å²) >= 11 is 7.21. The Morgan fingerprint density at radius 3 is 2.86 bits per heavy atom.